The Labute approximate surface area is 115 Å². The summed E-state index contributed by atoms with van der Waals surface area (Å²) >= 11 is 0. The number of para-hydroxylation sites is 1. The van der Waals surface area contributed by atoms with E-state index in [0.29, 0.717) is 13.1 Å². The molecule has 0 radical (unpaired) electrons. The number of rotatable bonds is 8. The lowest BCUT2D eigenvalue weighted by atomic mass is 10.1. The van der Waals surface area contributed by atoms with Crippen LogP contribution in [0.4, 0.5) is 0 Å². The summed E-state index contributed by atoms with van der Waals surface area (Å²) in [5, 5.41) is 2.85. The molecule has 0 atom stereocenters. The molecule has 4 nitrogen and oxygen atoms in total. The third-order valence-electron chi connectivity index (χ3n) is 2.96. The van der Waals surface area contributed by atoms with Crippen LogP contribution in [0.5, 0.6) is 5.75 Å². The van der Waals surface area contributed by atoms with Gasteiger partial charge in [-0.1, -0.05) is 24.6 Å². The van der Waals surface area contributed by atoms with Gasteiger partial charge in [0, 0.05) is 6.54 Å². The third-order valence-corrected chi connectivity index (χ3v) is 2.96. The van der Waals surface area contributed by atoms with E-state index < -0.39 is 0 Å². The van der Waals surface area contributed by atoms with Crippen molar-refractivity contribution in [3.63, 3.8) is 0 Å². The molecular weight excluding hydrogens is 240 g/mol. The molecule has 0 bridgehead atoms. The molecule has 1 aromatic rings. The summed E-state index contributed by atoms with van der Waals surface area (Å²) in [6.07, 6.45) is 3.02. The van der Waals surface area contributed by atoms with Crippen LogP contribution >= 0.6 is 0 Å². The van der Waals surface area contributed by atoms with Crippen LogP contribution in [-0.4, -0.2) is 25.6 Å². The highest BCUT2D eigenvalue weighted by Crippen LogP contribution is 2.21. The fraction of sp³-hybridized carbons (Fsp3) is 0.533. The second kappa shape index (κ2) is 8.53. The Bertz CT molecular complexity index is 385. The van der Waals surface area contributed by atoms with Gasteiger partial charge < -0.3 is 15.8 Å². The van der Waals surface area contributed by atoms with Crippen molar-refractivity contribution >= 4 is 5.91 Å². The van der Waals surface area contributed by atoms with Crippen molar-refractivity contribution in [2.45, 2.75) is 33.1 Å². The van der Waals surface area contributed by atoms with Crippen molar-refractivity contribution in [2.75, 3.05) is 19.7 Å². The standard InChI is InChI=1S/C15H24N2O2/c1-12-7-6-8-13(2)15(12)19-11-14(18)17-10-5-3-4-9-16/h6-8H,3-5,9-11,16H2,1-2H3,(H,17,18). The molecule has 3 N–H and O–H groups in total. The zero-order valence-electron chi connectivity index (χ0n) is 11.9. The van der Waals surface area contributed by atoms with Gasteiger partial charge in [-0.05, 0) is 44.4 Å². The summed E-state index contributed by atoms with van der Waals surface area (Å²) in [5.41, 5.74) is 7.51. The lowest BCUT2D eigenvalue weighted by Crippen LogP contribution is -2.30. The minimum atomic E-state index is -0.0737. The molecule has 19 heavy (non-hydrogen) atoms. The Balaban J connectivity index is 2.26. The predicted molar refractivity (Wildman–Crippen MR) is 77.3 cm³/mol. The van der Waals surface area contributed by atoms with E-state index >= 15 is 0 Å². The van der Waals surface area contributed by atoms with Crippen LogP contribution in [0.1, 0.15) is 30.4 Å². The maximum absolute atomic E-state index is 11.6. The maximum atomic E-state index is 11.6. The highest BCUT2D eigenvalue weighted by molar-refractivity contribution is 5.77. The van der Waals surface area contributed by atoms with Gasteiger partial charge in [-0.3, -0.25) is 4.79 Å². The second-order valence-electron chi connectivity index (χ2n) is 4.71. The topological polar surface area (TPSA) is 64.3 Å². The minimum absolute atomic E-state index is 0.0720. The predicted octanol–water partition coefficient (Wildman–Crippen LogP) is 1.93. The van der Waals surface area contributed by atoms with Crippen molar-refractivity contribution in [2.24, 2.45) is 5.73 Å². The number of ether oxygens (including phenoxy) is 1. The summed E-state index contributed by atoms with van der Waals surface area (Å²) in [4.78, 5) is 11.6. The molecule has 0 aliphatic carbocycles. The number of carbonyl (C=O) groups excluding carboxylic acids is 1. The van der Waals surface area contributed by atoms with Gasteiger partial charge in [0.25, 0.3) is 5.91 Å². The number of nitrogens with one attached hydrogen (secondary N) is 1. The van der Waals surface area contributed by atoms with Gasteiger partial charge in [-0.25, -0.2) is 0 Å². The molecule has 0 fully saturated rings. The lowest BCUT2D eigenvalue weighted by Gasteiger charge is -2.11. The molecule has 0 saturated carbocycles. The van der Waals surface area contributed by atoms with Crippen molar-refractivity contribution in [1.82, 2.24) is 5.32 Å². The van der Waals surface area contributed by atoms with E-state index in [9.17, 15) is 4.79 Å². The molecular formula is C15H24N2O2. The van der Waals surface area contributed by atoms with Crippen LogP contribution in [0.3, 0.4) is 0 Å². The molecule has 0 heterocycles. The first-order chi connectivity index (χ1) is 9.15. The molecule has 0 unspecified atom stereocenters. The van der Waals surface area contributed by atoms with Crippen molar-refractivity contribution in [1.29, 1.82) is 0 Å². The molecule has 0 aliphatic rings. The summed E-state index contributed by atoms with van der Waals surface area (Å²) in [5.74, 6) is 0.733. The maximum Gasteiger partial charge on any atom is 0.257 e. The first-order valence-corrected chi connectivity index (χ1v) is 6.81. The number of hydrogen-bond acceptors (Lipinski definition) is 3. The Hall–Kier alpha value is -1.55. The Morgan fingerprint density at radius 2 is 1.89 bits per heavy atom. The molecule has 0 spiro atoms. The zero-order valence-corrected chi connectivity index (χ0v) is 11.9. The zero-order chi connectivity index (χ0) is 14.1. The van der Waals surface area contributed by atoms with Crippen molar-refractivity contribution in [3.05, 3.63) is 29.3 Å². The number of benzene rings is 1. The van der Waals surface area contributed by atoms with Gasteiger partial charge in [0.1, 0.15) is 5.75 Å². The van der Waals surface area contributed by atoms with Gasteiger partial charge in [0.15, 0.2) is 6.61 Å². The highest BCUT2D eigenvalue weighted by Gasteiger charge is 2.06. The minimum Gasteiger partial charge on any atom is -0.483 e. The summed E-state index contributed by atoms with van der Waals surface area (Å²) < 4.78 is 5.58. The third kappa shape index (κ3) is 5.75. The number of unbranched alkanes of at least 4 members (excludes halogenated alkanes) is 2. The van der Waals surface area contributed by atoms with Crippen LogP contribution < -0.4 is 15.8 Å². The van der Waals surface area contributed by atoms with E-state index in [1.807, 2.05) is 32.0 Å². The van der Waals surface area contributed by atoms with E-state index in [1.165, 1.54) is 0 Å². The van der Waals surface area contributed by atoms with E-state index in [1.54, 1.807) is 0 Å². The molecule has 1 rings (SSSR count). The Kier molecular flexibility index (Phi) is 6.97. The number of amides is 1. The van der Waals surface area contributed by atoms with E-state index in [0.717, 1.165) is 36.1 Å². The smallest absolute Gasteiger partial charge is 0.257 e. The van der Waals surface area contributed by atoms with Crippen LogP contribution in [0.2, 0.25) is 0 Å². The Morgan fingerprint density at radius 1 is 1.21 bits per heavy atom. The quantitative estimate of drug-likeness (QED) is 0.705. The molecule has 0 saturated heterocycles. The lowest BCUT2D eigenvalue weighted by molar-refractivity contribution is -0.123. The number of hydrogen-bond donors (Lipinski definition) is 2. The van der Waals surface area contributed by atoms with Gasteiger partial charge in [0.2, 0.25) is 0 Å². The fourth-order valence-corrected chi connectivity index (χ4v) is 1.89. The first kappa shape index (κ1) is 15.5. The van der Waals surface area contributed by atoms with Crippen LogP contribution in [0.25, 0.3) is 0 Å². The molecule has 106 valence electrons. The SMILES string of the molecule is Cc1cccc(C)c1OCC(=O)NCCCCCN. The Morgan fingerprint density at radius 3 is 2.53 bits per heavy atom. The first-order valence-electron chi connectivity index (χ1n) is 6.81. The van der Waals surface area contributed by atoms with Crippen LogP contribution in [-0.2, 0) is 4.79 Å². The van der Waals surface area contributed by atoms with Crippen molar-refractivity contribution < 1.29 is 9.53 Å². The van der Waals surface area contributed by atoms with E-state index in [4.69, 9.17) is 10.5 Å². The average molecular weight is 264 g/mol. The molecule has 0 aliphatic heterocycles. The van der Waals surface area contributed by atoms with Crippen molar-refractivity contribution in [3.8, 4) is 5.75 Å². The largest absolute Gasteiger partial charge is 0.483 e. The van der Waals surface area contributed by atoms with Gasteiger partial charge >= 0.3 is 0 Å². The van der Waals surface area contributed by atoms with Crippen LogP contribution in [0.15, 0.2) is 18.2 Å². The van der Waals surface area contributed by atoms with Crippen LogP contribution in [0, 0.1) is 13.8 Å². The summed E-state index contributed by atoms with van der Waals surface area (Å²) in [7, 11) is 0. The fourth-order valence-electron chi connectivity index (χ4n) is 1.89. The van der Waals surface area contributed by atoms with Gasteiger partial charge in [-0.15, -0.1) is 0 Å². The summed E-state index contributed by atoms with van der Waals surface area (Å²) in [6, 6.07) is 5.94. The average Bonchev–Trinajstić information content (AvgIpc) is 2.38. The van der Waals surface area contributed by atoms with E-state index in [2.05, 4.69) is 5.32 Å². The molecule has 0 aromatic heterocycles. The summed E-state index contributed by atoms with van der Waals surface area (Å²) in [6.45, 7) is 5.43. The normalized spacial score (nSPS) is 10.3. The number of nitrogens with two attached hydrogens (primary N) is 1. The van der Waals surface area contributed by atoms with Gasteiger partial charge in [-0.2, -0.15) is 0 Å². The van der Waals surface area contributed by atoms with Gasteiger partial charge in [0.05, 0.1) is 0 Å². The van der Waals surface area contributed by atoms with E-state index in [-0.39, 0.29) is 12.5 Å². The number of carbonyl (C=O) groups is 1. The number of aryl methyl sites for hydroxylation is 2. The molecule has 4 heteroatoms. The molecule has 1 aromatic carbocycles. The monoisotopic (exact) mass is 264 g/mol. The second-order valence-corrected chi connectivity index (χ2v) is 4.71. The molecule has 1 amide bonds. The highest BCUT2D eigenvalue weighted by atomic mass is 16.5.